The maximum Gasteiger partial charge on any atom is 0.241 e. The number of carboxylic acids is 1. The lowest BCUT2D eigenvalue weighted by atomic mass is 9.82. The maximum absolute atomic E-state index is 14.0. The van der Waals surface area contributed by atoms with Crippen LogP contribution in [0.3, 0.4) is 0 Å². The number of alkyl halides is 1. The van der Waals surface area contributed by atoms with Crippen LogP contribution in [0.25, 0.3) is 0 Å². The Morgan fingerprint density at radius 1 is 1.05 bits per heavy atom. The molecule has 3 atom stereocenters. The third-order valence-electron chi connectivity index (χ3n) is 7.90. The molecule has 0 aliphatic carbocycles. The van der Waals surface area contributed by atoms with Gasteiger partial charge in [-0.1, -0.05) is 43.7 Å². The minimum Gasteiger partial charge on any atom is -0.550 e. The number of carbonyl (C=O) groups excluding carboxylic acids is 2. The van der Waals surface area contributed by atoms with Crippen LogP contribution in [0.2, 0.25) is 0 Å². The number of ether oxygens (including phenoxy) is 3. The van der Waals surface area contributed by atoms with Crippen LogP contribution in [0.5, 0.6) is 17.2 Å². The molecule has 3 aromatic carbocycles. The highest BCUT2D eigenvalue weighted by Crippen LogP contribution is 2.47. The van der Waals surface area contributed by atoms with Crippen molar-refractivity contribution < 1.29 is 28.9 Å². The van der Waals surface area contributed by atoms with E-state index >= 15 is 0 Å². The summed E-state index contributed by atoms with van der Waals surface area (Å²) in [5.41, 5.74) is 3.29. The quantitative estimate of drug-likeness (QED) is 0.310. The molecule has 0 bridgehead atoms. The fourth-order valence-corrected chi connectivity index (χ4v) is 6.01. The van der Waals surface area contributed by atoms with Crippen molar-refractivity contribution in [3.63, 3.8) is 0 Å². The van der Waals surface area contributed by atoms with Gasteiger partial charge >= 0.3 is 0 Å². The van der Waals surface area contributed by atoms with E-state index in [1.807, 2.05) is 53.4 Å². The zero-order valence-electron chi connectivity index (χ0n) is 23.3. The van der Waals surface area contributed by atoms with E-state index in [1.165, 1.54) is 0 Å². The molecule has 0 spiro atoms. The van der Waals surface area contributed by atoms with E-state index < -0.39 is 23.8 Å². The van der Waals surface area contributed by atoms with E-state index in [0.29, 0.717) is 36.2 Å². The Balaban J connectivity index is 1.51. The molecule has 8 nitrogen and oxygen atoms in total. The van der Waals surface area contributed by atoms with Crippen LogP contribution in [0.4, 0.5) is 5.69 Å². The minimum absolute atomic E-state index is 0.0380. The summed E-state index contributed by atoms with van der Waals surface area (Å²) >= 11 is 6.09. The van der Waals surface area contributed by atoms with Crippen LogP contribution in [-0.2, 0) is 15.5 Å². The summed E-state index contributed by atoms with van der Waals surface area (Å²) in [6.07, 6.45) is 1.76. The number of aliphatic carboxylic acids is 1. The van der Waals surface area contributed by atoms with E-state index in [9.17, 15) is 14.7 Å². The number of carboxylic acid groups (broad SMARTS) is 1. The SMILES string of the molecule is CCCCN(C(=O)CN1CC(c2ccc3c(c2)OCO3)C(C(=O)[O-])C1c1ccc(OC)cc1)c1cccc(CCl)c1. The molecule has 2 aliphatic rings. The van der Waals surface area contributed by atoms with Gasteiger partial charge in [0.15, 0.2) is 11.5 Å². The number of carbonyl (C=O) groups is 2. The second kappa shape index (κ2) is 12.8. The second-order valence-electron chi connectivity index (χ2n) is 10.4. The van der Waals surface area contributed by atoms with Crippen molar-refractivity contribution in [1.29, 1.82) is 0 Å². The molecule has 0 N–H and O–H groups in total. The van der Waals surface area contributed by atoms with Gasteiger partial charge in [-0.3, -0.25) is 9.69 Å². The number of benzene rings is 3. The predicted molar refractivity (Wildman–Crippen MR) is 154 cm³/mol. The van der Waals surface area contributed by atoms with Gasteiger partial charge < -0.3 is 29.0 Å². The maximum atomic E-state index is 14.0. The van der Waals surface area contributed by atoms with Crippen molar-refractivity contribution in [3.05, 3.63) is 83.4 Å². The van der Waals surface area contributed by atoms with Gasteiger partial charge in [-0.05, 0) is 59.5 Å². The van der Waals surface area contributed by atoms with E-state index in [4.69, 9.17) is 25.8 Å². The zero-order chi connectivity index (χ0) is 28.9. The lowest BCUT2D eigenvalue weighted by Crippen LogP contribution is -2.42. The van der Waals surface area contributed by atoms with Crippen molar-refractivity contribution in [1.82, 2.24) is 4.90 Å². The van der Waals surface area contributed by atoms with Crippen LogP contribution in [0, 0.1) is 5.92 Å². The fourth-order valence-electron chi connectivity index (χ4n) is 5.84. The zero-order valence-corrected chi connectivity index (χ0v) is 24.0. The Bertz CT molecular complexity index is 1380. The third-order valence-corrected chi connectivity index (χ3v) is 8.21. The predicted octanol–water partition coefficient (Wildman–Crippen LogP) is 4.50. The number of hydrogen-bond donors (Lipinski definition) is 0. The Morgan fingerprint density at radius 3 is 2.51 bits per heavy atom. The number of anilines is 1. The number of rotatable bonds is 11. The van der Waals surface area contributed by atoms with E-state index in [0.717, 1.165) is 35.2 Å². The molecule has 0 radical (unpaired) electrons. The number of amides is 1. The average molecular weight is 578 g/mol. The molecule has 5 rings (SSSR count). The Kier molecular flexibility index (Phi) is 9.00. The van der Waals surface area contributed by atoms with Crippen molar-refractivity contribution in [2.24, 2.45) is 5.92 Å². The summed E-state index contributed by atoms with van der Waals surface area (Å²) in [7, 11) is 1.58. The molecule has 0 saturated carbocycles. The van der Waals surface area contributed by atoms with Crippen molar-refractivity contribution in [3.8, 4) is 17.2 Å². The summed E-state index contributed by atoms with van der Waals surface area (Å²) in [5, 5.41) is 12.8. The van der Waals surface area contributed by atoms with Crippen LogP contribution in [-0.4, -0.2) is 50.3 Å². The van der Waals surface area contributed by atoms with E-state index in [-0.39, 0.29) is 19.2 Å². The fraction of sp³-hybridized carbons (Fsp3) is 0.375. The molecule has 41 heavy (non-hydrogen) atoms. The largest absolute Gasteiger partial charge is 0.550 e. The molecule has 9 heteroatoms. The average Bonchev–Trinajstić information content (AvgIpc) is 3.62. The summed E-state index contributed by atoms with van der Waals surface area (Å²) in [6.45, 7) is 3.15. The number of fused-ring (bicyclic) bond motifs is 1. The summed E-state index contributed by atoms with van der Waals surface area (Å²) in [5.74, 6) is -0.385. The Labute approximate surface area is 245 Å². The number of halogens is 1. The monoisotopic (exact) mass is 577 g/mol. The number of methoxy groups -OCH3 is 1. The van der Waals surface area contributed by atoms with Gasteiger partial charge in [0.25, 0.3) is 0 Å². The van der Waals surface area contributed by atoms with Crippen LogP contribution >= 0.6 is 11.6 Å². The summed E-state index contributed by atoms with van der Waals surface area (Å²) in [6, 6.07) is 19.9. The molecule has 3 unspecified atom stereocenters. The first-order chi connectivity index (χ1) is 19.9. The molecule has 1 amide bonds. The number of unbranched alkanes of at least 4 members (excludes halogenated alkanes) is 1. The topological polar surface area (TPSA) is 91.4 Å². The van der Waals surface area contributed by atoms with Gasteiger partial charge in [0.2, 0.25) is 12.7 Å². The molecular weight excluding hydrogens is 544 g/mol. The van der Waals surface area contributed by atoms with Gasteiger partial charge in [0.05, 0.1) is 13.7 Å². The third kappa shape index (κ3) is 6.14. The molecular formula is C32H34ClN2O6-. The van der Waals surface area contributed by atoms with Gasteiger partial charge in [0.1, 0.15) is 5.75 Å². The highest BCUT2D eigenvalue weighted by Gasteiger charge is 2.45. The molecule has 216 valence electrons. The Morgan fingerprint density at radius 2 is 1.80 bits per heavy atom. The number of nitrogens with zero attached hydrogens (tertiary/aromatic N) is 2. The number of likely N-dealkylation sites (tertiary alicyclic amines) is 1. The first-order valence-electron chi connectivity index (χ1n) is 13.9. The van der Waals surface area contributed by atoms with Gasteiger partial charge in [0, 0.05) is 48.5 Å². The van der Waals surface area contributed by atoms with Crippen LogP contribution in [0.15, 0.2) is 66.7 Å². The molecule has 0 aromatic heterocycles. The minimum atomic E-state index is -1.17. The molecule has 1 fully saturated rings. The van der Waals surface area contributed by atoms with E-state index in [2.05, 4.69) is 6.92 Å². The summed E-state index contributed by atoms with van der Waals surface area (Å²) < 4.78 is 16.4. The molecule has 1 saturated heterocycles. The first kappa shape index (κ1) is 28.8. The standard InChI is InChI=1S/C32H35ClN2O6/c1-3-4-14-35(24-7-5-6-21(15-24)17-33)29(36)19-34-18-26(23-10-13-27-28(16-23)41-20-40-27)30(32(37)38)31(34)22-8-11-25(39-2)12-9-22/h5-13,15-16,26,30-31H,3-4,14,17-20H2,1-2H3,(H,37,38)/p-1. The Hall–Kier alpha value is -3.75. The van der Waals surface area contributed by atoms with Crippen LogP contribution < -0.4 is 24.2 Å². The van der Waals surface area contributed by atoms with Gasteiger partial charge in [-0.2, -0.15) is 0 Å². The molecule has 3 aromatic rings. The molecule has 2 heterocycles. The van der Waals surface area contributed by atoms with Crippen molar-refractivity contribution in [2.75, 3.05) is 38.4 Å². The lowest BCUT2D eigenvalue weighted by Gasteiger charge is -2.31. The van der Waals surface area contributed by atoms with Crippen molar-refractivity contribution >= 4 is 29.2 Å². The van der Waals surface area contributed by atoms with Gasteiger partial charge in [-0.25, -0.2) is 0 Å². The van der Waals surface area contributed by atoms with Crippen LogP contribution in [0.1, 0.15) is 48.4 Å². The second-order valence-corrected chi connectivity index (χ2v) is 10.7. The van der Waals surface area contributed by atoms with Gasteiger partial charge in [-0.15, -0.1) is 11.6 Å². The first-order valence-corrected chi connectivity index (χ1v) is 14.4. The molecule has 2 aliphatic heterocycles. The summed E-state index contributed by atoms with van der Waals surface area (Å²) in [4.78, 5) is 30.5. The number of hydrogen-bond acceptors (Lipinski definition) is 7. The normalized spacial score (nSPS) is 19.7. The highest BCUT2D eigenvalue weighted by atomic mass is 35.5. The smallest absolute Gasteiger partial charge is 0.241 e. The highest BCUT2D eigenvalue weighted by molar-refractivity contribution is 6.17. The lowest BCUT2D eigenvalue weighted by molar-refractivity contribution is -0.312. The van der Waals surface area contributed by atoms with Crippen molar-refractivity contribution in [2.45, 2.75) is 37.6 Å². The van der Waals surface area contributed by atoms with E-state index in [1.54, 1.807) is 30.2 Å².